The monoisotopic (exact) mass is 448 g/mol. The van der Waals surface area contributed by atoms with Crippen LogP contribution < -0.4 is 15.8 Å². The molecule has 0 amide bonds. The fourth-order valence-electron chi connectivity index (χ4n) is 2.49. The zero-order chi connectivity index (χ0) is 19.6. The maximum Gasteiger partial charge on any atom is 3.00 e. The summed E-state index contributed by atoms with van der Waals surface area (Å²) in [4.78, 5) is 0. The number of nitrogens with zero attached hydrogens (tertiary/aromatic N) is 2. The summed E-state index contributed by atoms with van der Waals surface area (Å²) in [5, 5.41) is 15.5. The van der Waals surface area contributed by atoms with Crippen molar-refractivity contribution in [3.8, 4) is 0 Å². The van der Waals surface area contributed by atoms with E-state index in [1.165, 1.54) is 21.2 Å². The number of hydrogen-bond acceptors (Lipinski definition) is 1. The van der Waals surface area contributed by atoms with Crippen molar-refractivity contribution in [3.63, 3.8) is 0 Å². The fourth-order valence-corrected chi connectivity index (χ4v) is 2.49. The van der Waals surface area contributed by atoms with E-state index in [-0.39, 0.29) is 26.6 Å². The minimum atomic E-state index is 0. The van der Waals surface area contributed by atoms with Crippen molar-refractivity contribution in [1.82, 2.24) is 5.32 Å². The van der Waals surface area contributed by atoms with Crippen molar-refractivity contribution in [2.45, 2.75) is 26.3 Å². The van der Waals surface area contributed by atoms with Crippen molar-refractivity contribution in [1.29, 1.82) is 0 Å². The van der Waals surface area contributed by atoms with Gasteiger partial charge in [-0.3, -0.25) is 0 Å². The second-order valence-electron chi connectivity index (χ2n) is 7.20. The largest absolute Gasteiger partial charge is 3.00 e. The molecule has 0 heterocycles. The van der Waals surface area contributed by atoms with E-state index in [1.54, 1.807) is 28.2 Å². The predicted molar refractivity (Wildman–Crippen MR) is 115 cm³/mol. The van der Waals surface area contributed by atoms with Crippen LogP contribution in [0.4, 0.5) is 0 Å². The van der Waals surface area contributed by atoms with E-state index >= 15 is 0 Å². The van der Waals surface area contributed by atoms with Gasteiger partial charge in [0.15, 0.2) is 0 Å². The van der Waals surface area contributed by atoms with Crippen LogP contribution in [0.2, 0.25) is 0 Å². The molecule has 3 rings (SSSR count). The van der Waals surface area contributed by atoms with Crippen LogP contribution in [-0.2, 0) is 21.1 Å². The molecule has 27 heavy (non-hydrogen) atoms. The van der Waals surface area contributed by atoms with Crippen molar-refractivity contribution in [2.24, 2.45) is 0 Å². The van der Waals surface area contributed by atoms with E-state index < -0.39 is 0 Å². The van der Waals surface area contributed by atoms with Crippen LogP contribution in [0.1, 0.15) is 26.3 Å². The average Bonchev–Trinajstić information content (AvgIpc) is 2.93. The zero-order valence-electron chi connectivity index (χ0n) is 17.6. The van der Waals surface area contributed by atoms with Gasteiger partial charge in [-0.25, -0.2) is 0 Å². The molecule has 3 nitrogen and oxygen atoms in total. The van der Waals surface area contributed by atoms with Gasteiger partial charge in [0.05, 0.1) is 0 Å². The summed E-state index contributed by atoms with van der Waals surface area (Å²) in [5.41, 5.74) is 1.35. The maximum absolute atomic E-state index is 3.51. The normalized spacial score (nSPS) is 11.6. The van der Waals surface area contributed by atoms with Crippen molar-refractivity contribution < 1.29 is 21.1 Å². The van der Waals surface area contributed by atoms with Gasteiger partial charge in [-0.1, -0.05) is 39.9 Å². The van der Waals surface area contributed by atoms with Crippen LogP contribution in [0, 0.1) is 16.5 Å². The molecule has 0 fully saturated rings. The first-order valence-electron chi connectivity index (χ1n) is 8.90. The Balaban J connectivity index is 0.000000860. The molecule has 0 saturated carbocycles. The smallest absolute Gasteiger partial charge is 0.668 e. The number of hydrogen-bond donors (Lipinski definition) is 1. The standard InChI is InChI=1S/C19H20N.2C2H6N.Mo/c1-19(2,3)20-11-10-14-8-9-18-16(12-14)13-15-6-4-5-7-17(15)18;2*1-3-2;/h4-10,13,20H,11H2,1-3H3;2*1-2H3;/q3*-1;+3. The van der Waals surface area contributed by atoms with Gasteiger partial charge in [-0.15, -0.1) is 41.1 Å². The van der Waals surface area contributed by atoms with Crippen LogP contribution in [0.25, 0.3) is 22.8 Å². The first-order chi connectivity index (χ1) is 12.4. The van der Waals surface area contributed by atoms with Gasteiger partial charge in [-0.05, 0) is 27.3 Å². The second-order valence-corrected chi connectivity index (χ2v) is 7.20. The first kappa shape index (κ1) is 25.7. The topological polar surface area (TPSA) is 40.2 Å². The minimum absolute atomic E-state index is 0. The zero-order valence-corrected chi connectivity index (χ0v) is 19.6. The van der Waals surface area contributed by atoms with Crippen molar-refractivity contribution in [2.75, 3.05) is 34.7 Å². The number of rotatable bonds is 2. The van der Waals surface area contributed by atoms with Crippen LogP contribution in [0.15, 0.2) is 36.4 Å². The van der Waals surface area contributed by atoms with Crippen LogP contribution >= 0.6 is 0 Å². The molecular weight excluding hydrogens is 414 g/mol. The Labute approximate surface area is 178 Å². The number of benzene rings is 2. The van der Waals surface area contributed by atoms with Gasteiger partial charge >= 0.3 is 21.1 Å². The average molecular weight is 446 g/mol. The Kier molecular flexibility index (Phi) is 12.4. The molecule has 0 aliphatic heterocycles. The maximum atomic E-state index is 3.51. The van der Waals surface area contributed by atoms with E-state index in [1.807, 2.05) is 0 Å². The Hall–Kier alpha value is -1.25. The molecule has 1 aliphatic carbocycles. The van der Waals surface area contributed by atoms with Crippen LogP contribution in [0.3, 0.4) is 0 Å². The van der Waals surface area contributed by atoms with Crippen LogP contribution in [0.5, 0.6) is 0 Å². The molecular formula is C23H32MoN3. The second kappa shape index (κ2) is 13.0. The van der Waals surface area contributed by atoms with Gasteiger partial charge < -0.3 is 16.0 Å². The molecule has 0 atom stereocenters. The Morgan fingerprint density at radius 2 is 1.52 bits per heavy atom. The third kappa shape index (κ3) is 8.99. The van der Waals surface area contributed by atoms with E-state index in [0.717, 1.165) is 11.8 Å². The van der Waals surface area contributed by atoms with Gasteiger partial charge in [-0.2, -0.15) is 28.2 Å². The summed E-state index contributed by atoms with van der Waals surface area (Å²) in [5.74, 6) is 0. The summed E-state index contributed by atoms with van der Waals surface area (Å²) in [7, 11) is 7.00. The molecule has 0 bridgehead atoms. The summed E-state index contributed by atoms with van der Waals surface area (Å²) >= 11 is 0. The Morgan fingerprint density at radius 1 is 0.926 bits per heavy atom. The first-order valence-corrected chi connectivity index (χ1v) is 8.90. The minimum Gasteiger partial charge on any atom is -0.668 e. The molecule has 145 valence electrons. The molecule has 1 radical (unpaired) electrons. The third-order valence-corrected chi connectivity index (χ3v) is 3.50. The molecule has 4 heteroatoms. The Bertz CT molecular complexity index is 881. The summed E-state index contributed by atoms with van der Waals surface area (Å²) in [6.45, 7) is 7.40. The van der Waals surface area contributed by atoms with E-state index in [4.69, 9.17) is 0 Å². The van der Waals surface area contributed by atoms with E-state index in [0.29, 0.717) is 0 Å². The number of fused-ring (bicyclic) bond motifs is 2. The fraction of sp³-hybridized carbons (Fsp3) is 0.391. The molecule has 1 aliphatic rings. The molecule has 2 aromatic carbocycles. The van der Waals surface area contributed by atoms with E-state index in [9.17, 15) is 0 Å². The molecule has 0 saturated heterocycles. The van der Waals surface area contributed by atoms with Crippen molar-refractivity contribution in [3.05, 3.63) is 79.5 Å². The van der Waals surface area contributed by atoms with Crippen molar-refractivity contribution >= 4 is 12.2 Å². The molecule has 1 N–H and O–H groups in total. The molecule has 0 unspecified atom stereocenters. The summed E-state index contributed by atoms with van der Waals surface area (Å²) in [6, 6.07) is 16.4. The van der Waals surface area contributed by atoms with Gasteiger partial charge in [0.1, 0.15) is 0 Å². The number of nitrogens with one attached hydrogen (secondary N) is 1. The SMILES string of the molecule is CC(C)(C)NCC=c1[c-]c2c(cc1)=c1ccccc1=C2.C[N-]C.C[N-]C.[Mo+3]. The van der Waals surface area contributed by atoms with Gasteiger partial charge in [0, 0.05) is 5.54 Å². The quantitative estimate of drug-likeness (QED) is 0.476. The van der Waals surface area contributed by atoms with Crippen LogP contribution in [-0.4, -0.2) is 40.3 Å². The molecule has 2 aromatic rings. The van der Waals surface area contributed by atoms with E-state index in [2.05, 4.69) is 91.3 Å². The Morgan fingerprint density at radius 3 is 2.11 bits per heavy atom. The molecule has 0 spiro atoms. The van der Waals surface area contributed by atoms with Gasteiger partial charge in [0.2, 0.25) is 0 Å². The van der Waals surface area contributed by atoms with Gasteiger partial charge in [0.25, 0.3) is 0 Å². The summed E-state index contributed by atoms with van der Waals surface area (Å²) < 4.78 is 0. The summed E-state index contributed by atoms with van der Waals surface area (Å²) in [6.07, 6.45) is 4.42. The third-order valence-electron chi connectivity index (χ3n) is 3.50. The molecule has 0 aromatic heterocycles. The predicted octanol–water partition coefficient (Wildman–Crippen LogP) is 3.32.